The molecule has 6 heteroatoms. The maximum Gasteiger partial charge on any atom is 0.217 e. The molecule has 0 amide bonds. The van der Waals surface area contributed by atoms with E-state index in [1.807, 2.05) is 19.1 Å². The largest absolute Gasteiger partial charge is 0.481 e. The van der Waals surface area contributed by atoms with E-state index in [9.17, 15) is 10.4 Å². The summed E-state index contributed by atoms with van der Waals surface area (Å²) in [6.07, 6.45) is 2.39. The number of aliphatic hydroxyl groups excluding tert-OH is 1. The SMILES string of the molecule is COc1nc(CO[Si](C)(C)C(C)(C)C)c(CC2CC2)c(C(O)c2cc(C)cc(C#N)c2)c1C(C)C. The summed E-state index contributed by atoms with van der Waals surface area (Å²) in [5, 5.41) is 21.5. The number of aliphatic hydroxyl groups is 1. The molecule has 3 rings (SSSR count). The number of rotatable bonds is 9. The predicted molar refractivity (Wildman–Crippen MR) is 143 cm³/mol. The Morgan fingerprint density at radius 2 is 1.83 bits per heavy atom. The van der Waals surface area contributed by atoms with Crippen molar-refractivity contribution in [3.8, 4) is 11.9 Å². The van der Waals surface area contributed by atoms with Gasteiger partial charge in [-0.15, -0.1) is 0 Å². The van der Waals surface area contributed by atoms with Crippen molar-refractivity contribution in [3.05, 3.63) is 57.3 Å². The van der Waals surface area contributed by atoms with Crippen molar-refractivity contribution in [3.63, 3.8) is 0 Å². The zero-order valence-electron chi connectivity index (χ0n) is 23.0. The minimum Gasteiger partial charge on any atom is -0.481 e. The lowest BCUT2D eigenvalue weighted by Gasteiger charge is -2.36. The number of aromatic nitrogens is 1. The number of pyridine rings is 1. The summed E-state index contributed by atoms with van der Waals surface area (Å²) in [6, 6.07) is 7.83. The van der Waals surface area contributed by atoms with E-state index in [1.54, 1.807) is 13.2 Å². The Hall–Kier alpha value is -2.20. The zero-order chi connectivity index (χ0) is 26.1. The molecule has 2 aromatic rings. The van der Waals surface area contributed by atoms with Gasteiger partial charge in [0.15, 0.2) is 8.32 Å². The van der Waals surface area contributed by atoms with E-state index in [0.29, 0.717) is 24.0 Å². The molecule has 0 aliphatic heterocycles. The van der Waals surface area contributed by atoms with E-state index in [4.69, 9.17) is 14.1 Å². The summed E-state index contributed by atoms with van der Waals surface area (Å²) in [5.41, 5.74) is 6.00. The van der Waals surface area contributed by atoms with Gasteiger partial charge in [-0.05, 0) is 90.5 Å². The van der Waals surface area contributed by atoms with E-state index < -0.39 is 14.4 Å². The fraction of sp³-hybridized carbons (Fsp3) is 0.586. The van der Waals surface area contributed by atoms with Crippen molar-refractivity contribution in [1.82, 2.24) is 4.98 Å². The van der Waals surface area contributed by atoms with Crippen molar-refractivity contribution in [1.29, 1.82) is 5.26 Å². The Morgan fingerprint density at radius 3 is 2.34 bits per heavy atom. The molecule has 35 heavy (non-hydrogen) atoms. The van der Waals surface area contributed by atoms with Crippen LogP contribution in [0.5, 0.6) is 5.88 Å². The molecule has 5 nitrogen and oxygen atoms in total. The molecule has 1 aliphatic carbocycles. The minimum absolute atomic E-state index is 0.0865. The second-order valence-corrected chi connectivity index (χ2v) is 16.7. The van der Waals surface area contributed by atoms with Crippen molar-refractivity contribution in [2.45, 2.75) is 97.6 Å². The summed E-state index contributed by atoms with van der Waals surface area (Å²) in [6.45, 7) is 17.8. The van der Waals surface area contributed by atoms with Crippen LogP contribution in [-0.4, -0.2) is 25.5 Å². The van der Waals surface area contributed by atoms with Crippen LogP contribution in [0.15, 0.2) is 18.2 Å². The molecule has 1 aliphatic rings. The number of hydrogen-bond acceptors (Lipinski definition) is 5. The van der Waals surface area contributed by atoms with Gasteiger partial charge in [0.25, 0.3) is 0 Å². The van der Waals surface area contributed by atoms with Crippen molar-refractivity contribution in [2.24, 2.45) is 5.92 Å². The maximum atomic E-state index is 11.9. The van der Waals surface area contributed by atoms with Gasteiger partial charge in [0.05, 0.1) is 31.0 Å². The van der Waals surface area contributed by atoms with Crippen LogP contribution in [0, 0.1) is 24.2 Å². The molecule has 0 spiro atoms. The minimum atomic E-state index is -2.01. The average molecular weight is 495 g/mol. The topological polar surface area (TPSA) is 75.4 Å². The van der Waals surface area contributed by atoms with Crippen LogP contribution in [0.4, 0.5) is 0 Å². The lowest BCUT2D eigenvalue weighted by Crippen LogP contribution is -2.40. The van der Waals surface area contributed by atoms with Gasteiger partial charge in [0.2, 0.25) is 5.88 Å². The van der Waals surface area contributed by atoms with Crippen LogP contribution in [0.2, 0.25) is 18.1 Å². The van der Waals surface area contributed by atoms with E-state index in [0.717, 1.165) is 39.9 Å². The molecule has 1 heterocycles. The third kappa shape index (κ3) is 6.14. The lowest BCUT2D eigenvalue weighted by molar-refractivity contribution is 0.214. The Kier molecular flexibility index (Phi) is 8.15. The van der Waals surface area contributed by atoms with Gasteiger partial charge >= 0.3 is 0 Å². The molecule has 190 valence electrons. The molecule has 1 aromatic heterocycles. The molecule has 1 N–H and O–H groups in total. The smallest absolute Gasteiger partial charge is 0.217 e. The molecular formula is C29H42N2O3Si. The van der Waals surface area contributed by atoms with Gasteiger partial charge in [0, 0.05) is 5.56 Å². The van der Waals surface area contributed by atoms with Crippen LogP contribution in [-0.2, 0) is 17.5 Å². The fourth-order valence-electron chi connectivity index (χ4n) is 4.33. The van der Waals surface area contributed by atoms with Crippen molar-refractivity contribution < 1.29 is 14.3 Å². The van der Waals surface area contributed by atoms with E-state index >= 15 is 0 Å². The molecule has 1 fully saturated rings. The second kappa shape index (κ2) is 10.4. The molecule has 1 saturated carbocycles. The first-order valence-electron chi connectivity index (χ1n) is 12.7. The van der Waals surface area contributed by atoms with Gasteiger partial charge in [-0.3, -0.25) is 0 Å². The van der Waals surface area contributed by atoms with E-state index in [1.165, 1.54) is 12.8 Å². The highest BCUT2D eigenvalue weighted by Gasteiger charge is 2.38. The van der Waals surface area contributed by atoms with Gasteiger partial charge in [0.1, 0.15) is 6.10 Å². The van der Waals surface area contributed by atoms with Crippen LogP contribution in [0.25, 0.3) is 0 Å². The summed E-state index contributed by atoms with van der Waals surface area (Å²) in [4.78, 5) is 4.98. The van der Waals surface area contributed by atoms with Crippen LogP contribution < -0.4 is 4.74 Å². The summed E-state index contributed by atoms with van der Waals surface area (Å²) in [5.74, 6) is 1.27. The predicted octanol–water partition coefficient (Wildman–Crippen LogP) is 6.95. The highest BCUT2D eigenvalue weighted by Crippen LogP contribution is 2.43. The molecular weight excluding hydrogens is 452 g/mol. The zero-order valence-corrected chi connectivity index (χ0v) is 24.0. The third-order valence-electron chi connectivity index (χ3n) is 7.58. The number of benzene rings is 1. The number of methoxy groups -OCH3 is 1. The van der Waals surface area contributed by atoms with E-state index in [-0.39, 0.29) is 11.0 Å². The molecule has 0 radical (unpaired) electrons. The quantitative estimate of drug-likeness (QED) is 0.382. The number of nitrogens with zero attached hydrogens (tertiary/aromatic N) is 2. The summed E-state index contributed by atoms with van der Waals surface area (Å²) >= 11 is 0. The fourth-order valence-corrected chi connectivity index (χ4v) is 5.26. The Balaban J connectivity index is 2.22. The monoisotopic (exact) mass is 494 g/mol. The average Bonchev–Trinajstić information content (AvgIpc) is 3.59. The van der Waals surface area contributed by atoms with Crippen LogP contribution >= 0.6 is 0 Å². The van der Waals surface area contributed by atoms with Gasteiger partial charge in [-0.25, -0.2) is 4.98 Å². The number of aryl methyl sites for hydroxylation is 1. The lowest BCUT2D eigenvalue weighted by atomic mass is 9.85. The Bertz CT molecular complexity index is 1110. The first-order chi connectivity index (χ1) is 16.3. The Labute approximate surface area is 212 Å². The summed E-state index contributed by atoms with van der Waals surface area (Å²) < 4.78 is 12.4. The first-order valence-corrected chi connectivity index (χ1v) is 15.6. The van der Waals surface area contributed by atoms with Gasteiger partial charge in [-0.2, -0.15) is 5.26 Å². The van der Waals surface area contributed by atoms with Crippen LogP contribution in [0.1, 0.15) is 98.6 Å². The normalized spacial score (nSPS) is 15.3. The first kappa shape index (κ1) is 27.4. The maximum absolute atomic E-state index is 11.9. The third-order valence-corrected chi connectivity index (χ3v) is 12.1. The van der Waals surface area contributed by atoms with Crippen LogP contribution in [0.3, 0.4) is 0 Å². The second-order valence-electron chi connectivity index (χ2n) is 11.9. The van der Waals surface area contributed by atoms with Gasteiger partial charge in [-0.1, -0.05) is 40.7 Å². The molecule has 0 saturated heterocycles. The molecule has 1 unspecified atom stereocenters. The molecule has 1 atom stereocenters. The number of nitriles is 1. The standard InChI is InChI=1S/C29H42N2O3Si/c1-18(2)25-26(27(32)22-13-19(3)12-21(14-22)16-30)23(15-20-10-11-20)24(31-28(25)33-7)17-34-35(8,9)29(4,5)6/h12-14,18,20,27,32H,10-11,15,17H2,1-9H3. The highest BCUT2D eigenvalue weighted by molar-refractivity contribution is 6.74. The summed E-state index contributed by atoms with van der Waals surface area (Å²) in [7, 11) is -0.363. The Morgan fingerprint density at radius 1 is 1.17 bits per heavy atom. The number of hydrogen-bond donors (Lipinski definition) is 1. The van der Waals surface area contributed by atoms with Crippen molar-refractivity contribution in [2.75, 3.05) is 7.11 Å². The highest BCUT2D eigenvalue weighted by atomic mass is 28.4. The molecule has 0 bridgehead atoms. The number of ether oxygens (including phenoxy) is 1. The van der Waals surface area contributed by atoms with Crippen molar-refractivity contribution >= 4 is 8.32 Å². The van der Waals surface area contributed by atoms with E-state index in [2.05, 4.69) is 53.8 Å². The molecule has 1 aromatic carbocycles. The van der Waals surface area contributed by atoms with Gasteiger partial charge < -0.3 is 14.3 Å².